The number of halogens is 2. The number of hydrogen-bond donors (Lipinski definition) is 0. The predicted octanol–water partition coefficient (Wildman–Crippen LogP) is 3.29. The van der Waals surface area contributed by atoms with Crippen molar-refractivity contribution in [3.63, 3.8) is 0 Å². The normalized spacial score (nSPS) is 13.6. The van der Waals surface area contributed by atoms with Crippen LogP contribution in [0.15, 0.2) is 36.0 Å². The highest BCUT2D eigenvalue weighted by molar-refractivity contribution is 5.25. The zero-order chi connectivity index (χ0) is 8.15. The maximum Gasteiger partial charge on any atom is 0.158 e. The number of hydrogen-bond acceptors (Lipinski definition) is 0. The third-order valence-electron chi connectivity index (χ3n) is 0.855. The van der Waals surface area contributed by atoms with E-state index in [9.17, 15) is 8.78 Å². The molecule has 0 nitrogen and oxygen atoms in total. The van der Waals surface area contributed by atoms with Crippen molar-refractivity contribution in [2.75, 3.05) is 0 Å². The molecule has 2 heteroatoms. The van der Waals surface area contributed by atoms with E-state index in [2.05, 4.69) is 6.58 Å². The first-order chi connectivity index (χ1) is 4.57. The molecule has 0 aromatic carbocycles. The summed E-state index contributed by atoms with van der Waals surface area (Å²) in [5.41, 5.74) is 0.495. The molecule has 0 amide bonds. The second-order valence-corrected chi connectivity index (χ2v) is 1.98. The van der Waals surface area contributed by atoms with E-state index in [-0.39, 0.29) is 0 Å². The van der Waals surface area contributed by atoms with Gasteiger partial charge < -0.3 is 0 Å². The molecule has 0 spiro atoms. The summed E-state index contributed by atoms with van der Waals surface area (Å²) in [6, 6.07) is 0. The Morgan fingerprint density at radius 1 is 1.30 bits per heavy atom. The second kappa shape index (κ2) is 3.99. The Balaban J connectivity index is 4.35. The van der Waals surface area contributed by atoms with Crippen molar-refractivity contribution in [1.82, 2.24) is 0 Å². The minimum absolute atomic E-state index is 0.495. The summed E-state index contributed by atoms with van der Waals surface area (Å²) < 4.78 is 24.7. The van der Waals surface area contributed by atoms with Crippen molar-refractivity contribution >= 4 is 0 Å². The van der Waals surface area contributed by atoms with E-state index in [1.54, 1.807) is 6.92 Å². The monoisotopic (exact) mass is 144 g/mol. The Labute approximate surface area is 59.6 Å². The molecule has 0 heterocycles. The standard InChI is InChI=1S/C8H10F2/c1-4-7(9)8(10)5-6(2)3/h4-5H,2H2,1,3H3/b7-4+,8-5+. The Morgan fingerprint density at radius 2 is 1.80 bits per heavy atom. The van der Waals surface area contributed by atoms with Crippen LogP contribution in [-0.4, -0.2) is 0 Å². The van der Waals surface area contributed by atoms with Crippen molar-refractivity contribution in [2.45, 2.75) is 13.8 Å². The van der Waals surface area contributed by atoms with Gasteiger partial charge in [0.15, 0.2) is 11.7 Å². The first-order valence-electron chi connectivity index (χ1n) is 2.92. The average Bonchev–Trinajstić information content (AvgIpc) is 1.85. The highest BCUT2D eigenvalue weighted by Gasteiger charge is 1.99. The Morgan fingerprint density at radius 3 is 2.10 bits per heavy atom. The smallest absolute Gasteiger partial charge is 0.158 e. The van der Waals surface area contributed by atoms with Crippen LogP contribution in [0.4, 0.5) is 8.78 Å². The van der Waals surface area contributed by atoms with Crippen molar-refractivity contribution in [3.8, 4) is 0 Å². The molecule has 0 fully saturated rings. The molecule has 0 saturated carbocycles. The minimum Gasteiger partial charge on any atom is -0.204 e. The van der Waals surface area contributed by atoms with Crippen LogP contribution in [0.3, 0.4) is 0 Å². The first-order valence-corrected chi connectivity index (χ1v) is 2.92. The Bertz CT molecular complexity index is 187. The van der Waals surface area contributed by atoms with E-state index in [0.29, 0.717) is 5.57 Å². The van der Waals surface area contributed by atoms with E-state index in [1.807, 2.05) is 0 Å². The predicted molar refractivity (Wildman–Crippen MR) is 38.9 cm³/mol. The molecule has 0 aromatic rings. The lowest BCUT2D eigenvalue weighted by atomic mass is 10.3. The van der Waals surface area contributed by atoms with Crippen molar-refractivity contribution in [2.24, 2.45) is 0 Å². The molecular weight excluding hydrogens is 134 g/mol. The maximum atomic E-state index is 12.4. The summed E-state index contributed by atoms with van der Waals surface area (Å²) in [7, 11) is 0. The summed E-state index contributed by atoms with van der Waals surface area (Å²) in [5, 5.41) is 0. The second-order valence-electron chi connectivity index (χ2n) is 1.98. The SMILES string of the molecule is C=C(C)/C=C(F)\C(F)=C/C. The third-order valence-corrected chi connectivity index (χ3v) is 0.855. The van der Waals surface area contributed by atoms with Crippen LogP contribution in [0.25, 0.3) is 0 Å². The fraction of sp³-hybridized carbons (Fsp3) is 0.250. The van der Waals surface area contributed by atoms with Gasteiger partial charge in [-0.25, -0.2) is 8.78 Å². The molecule has 0 rings (SSSR count). The van der Waals surface area contributed by atoms with Gasteiger partial charge in [-0.3, -0.25) is 0 Å². The summed E-state index contributed by atoms with van der Waals surface area (Å²) in [4.78, 5) is 0. The van der Waals surface area contributed by atoms with Gasteiger partial charge in [-0.15, -0.1) is 0 Å². The number of allylic oxidation sites excluding steroid dienone is 5. The lowest BCUT2D eigenvalue weighted by Gasteiger charge is -1.90. The molecule has 0 saturated heterocycles. The first kappa shape index (κ1) is 9.08. The lowest BCUT2D eigenvalue weighted by molar-refractivity contribution is 0.543. The molecule has 10 heavy (non-hydrogen) atoms. The van der Waals surface area contributed by atoms with Crippen LogP contribution in [0.1, 0.15) is 13.8 Å². The van der Waals surface area contributed by atoms with E-state index < -0.39 is 11.7 Å². The van der Waals surface area contributed by atoms with Crippen LogP contribution in [-0.2, 0) is 0 Å². The fourth-order valence-corrected chi connectivity index (χ4v) is 0.423. The lowest BCUT2D eigenvalue weighted by Crippen LogP contribution is -1.74. The average molecular weight is 144 g/mol. The quantitative estimate of drug-likeness (QED) is 0.521. The molecule has 0 N–H and O–H groups in total. The van der Waals surface area contributed by atoms with Gasteiger partial charge in [-0.05, 0) is 26.0 Å². The van der Waals surface area contributed by atoms with Crippen molar-refractivity contribution < 1.29 is 8.78 Å². The van der Waals surface area contributed by atoms with Crippen LogP contribution < -0.4 is 0 Å². The highest BCUT2D eigenvalue weighted by Crippen LogP contribution is 2.13. The minimum atomic E-state index is -0.866. The Kier molecular flexibility index (Phi) is 3.62. The van der Waals surface area contributed by atoms with E-state index in [0.717, 1.165) is 12.2 Å². The summed E-state index contributed by atoms with van der Waals surface area (Å²) in [5.74, 6) is -1.71. The largest absolute Gasteiger partial charge is 0.204 e. The highest BCUT2D eigenvalue weighted by atomic mass is 19.2. The van der Waals surface area contributed by atoms with Crippen molar-refractivity contribution in [1.29, 1.82) is 0 Å². The molecule has 0 atom stereocenters. The van der Waals surface area contributed by atoms with E-state index >= 15 is 0 Å². The molecule has 0 aliphatic rings. The molecule has 0 aliphatic heterocycles. The van der Waals surface area contributed by atoms with Crippen molar-refractivity contribution in [3.05, 3.63) is 36.0 Å². The Hall–Kier alpha value is -0.920. The van der Waals surface area contributed by atoms with Crippen LogP contribution in [0.2, 0.25) is 0 Å². The van der Waals surface area contributed by atoms with E-state index in [4.69, 9.17) is 0 Å². The number of rotatable bonds is 2. The zero-order valence-electron chi connectivity index (χ0n) is 6.12. The van der Waals surface area contributed by atoms with Gasteiger partial charge in [0, 0.05) is 0 Å². The molecule has 0 radical (unpaired) electrons. The van der Waals surface area contributed by atoms with Crippen LogP contribution in [0, 0.1) is 0 Å². The van der Waals surface area contributed by atoms with Gasteiger partial charge in [0.25, 0.3) is 0 Å². The molecule has 0 aromatic heterocycles. The van der Waals surface area contributed by atoms with Gasteiger partial charge in [0.2, 0.25) is 0 Å². The van der Waals surface area contributed by atoms with Crippen LogP contribution in [0.5, 0.6) is 0 Å². The summed E-state index contributed by atoms with van der Waals surface area (Å²) in [6.45, 7) is 6.43. The molecule has 0 aliphatic carbocycles. The van der Waals surface area contributed by atoms with Gasteiger partial charge >= 0.3 is 0 Å². The molecule has 0 unspecified atom stereocenters. The van der Waals surface area contributed by atoms with Crippen LogP contribution >= 0.6 is 0 Å². The zero-order valence-corrected chi connectivity index (χ0v) is 6.12. The van der Waals surface area contributed by atoms with Gasteiger partial charge in [0.05, 0.1) is 0 Å². The maximum absolute atomic E-state index is 12.4. The molecule has 0 bridgehead atoms. The van der Waals surface area contributed by atoms with Gasteiger partial charge in [0.1, 0.15) is 0 Å². The van der Waals surface area contributed by atoms with E-state index in [1.165, 1.54) is 6.92 Å². The van der Waals surface area contributed by atoms with Gasteiger partial charge in [-0.1, -0.05) is 12.2 Å². The topological polar surface area (TPSA) is 0 Å². The summed E-state index contributed by atoms with van der Waals surface area (Å²) in [6.07, 6.45) is 2.12. The fourth-order valence-electron chi connectivity index (χ4n) is 0.423. The summed E-state index contributed by atoms with van der Waals surface area (Å²) >= 11 is 0. The van der Waals surface area contributed by atoms with Gasteiger partial charge in [-0.2, -0.15) is 0 Å². The third kappa shape index (κ3) is 3.17. The molecule has 56 valence electrons. The molecular formula is C8H10F2.